The molecule has 3 aromatic rings. The van der Waals surface area contributed by atoms with E-state index in [0.29, 0.717) is 39.9 Å². The Morgan fingerprint density at radius 3 is 2.72 bits per heavy atom. The number of hydrogen-bond acceptors (Lipinski definition) is 6. The summed E-state index contributed by atoms with van der Waals surface area (Å²) in [6.07, 6.45) is 0.487. The van der Waals surface area contributed by atoms with Crippen molar-refractivity contribution in [2.45, 2.75) is 18.5 Å². The SMILES string of the molecule is Cc1c(Cc2ccc3c(c2)OCO3)nc(SCC(=O)c2ccc(Br)cc2)[nH]c1=O. The average molecular weight is 473 g/mol. The number of aromatic amines is 1. The number of thioether (sulfide) groups is 1. The van der Waals surface area contributed by atoms with Crippen molar-refractivity contribution in [3.63, 3.8) is 0 Å². The van der Waals surface area contributed by atoms with Gasteiger partial charge in [-0.1, -0.05) is 45.9 Å². The van der Waals surface area contributed by atoms with Gasteiger partial charge in [0.1, 0.15) is 0 Å². The minimum Gasteiger partial charge on any atom is -0.454 e. The monoisotopic (exact) mass is 472 g/mol. The van der Waals surface area contributed by atoms with Gasteiger partial charge in [-0.3, -0.25) is 9.59 Å². The van der Waals surface area contributed by atoms with Crippen LogP contribution in [0.25, 0.3) is 0 Å². The summed E-state index contributed by atoms with van der Waals surface area (Å²) in [7, 11) is 0. The van der Waals surface area contributed by atoms with Crippen LogP contribution in [-0.4, -0.2) is 28.3 Å². The first-order chi connectivity index (χ1) is 14.0. The quantitative estimate of drug-likeness (QED) is 0.329. The highest BCUT2D eigenvalue weighted by Gasteiger charge is 2.16. The zero-order valence-corrected chi connectivity index (χ0v) is 17.9. The van der Waals surface area contributed by atoms with Crippen LogP contribution < -0.4 is 15.0 Å². The Morgan fingerprint density at radius 2 is 1.93 bits per heavy atom. The van der Waals surface area contributed by atoms with E-state index in [0.717, 1.165) is 10.0 Å². The number of ketones is 1. The maximum atomic E-state index is 12.4. The molecular weight excluding hydrogens is 456 g/mol. The topological polar surface area (TPSA) is 81.3 Å². The van der Waals surface area contributed by atoms with E-state index < -0.39 is 0 Å². The van der Waals surface area contributed by atoms with Crippen molar-refractivity contribution in [3.8, 4) is 11.5 Å². The number of halogens is 1. The molecule has 148 valence electrons. The highest BCUT2D eigenvalue weighted by atomic mass is 79.9. The van der Waals surface area contributed by atoms with Crippen LogP contribution in [0.1, 0.15) is 27.2 Å². The van der Waals surface area contributed by atoms with Gasteiger partial charge in [0.25, 0.3) is 5.56 Å². The van der Waals surface area contributed by atoms with Gasteiger partial charge in [-0.05, 0) is 36.8 Å². The first-order valence-electron chi connectivity index (χ1n) is 8.89. The summed E-state index contributed by atoms with van der Waals surface area (Å²) in [6, 6.07) is 12.9. The number of rotatable bonds is 6. The Bertz CT molecular complexity index is 1130. The molecule has 0 unspecified atom stereocenters. The molecule has 0 amide bonds. The molecule has 1 aliphatic heterocycles. The Balaban J connectivity index is 1.50. The third kappa shape index (κ3) is 4.54. The molecule has 1 N–H and O–H groups in total. The summed E-state index contributed by atoms with van der Waals surface area (Å²) < 4.78 is 11.7. The second kappa shape index (κ2) is 8.42. The summed E-state index contributed by atoms with van der Waals surface area (Å²) in [6.45, 7) is 1.96. The number of hydrogen-bond donors (Lipinski definition) is 1. The molecule has 0 radical (unpaired) electrons. The fraction of sp³-hybridized carbons (Fsp3) is 0.190. The second-order valence-electron chi connectivity index (χ2n) is 6.53. The van der Waals surface area contributed by atoms with Gasteiger partial charge in [0, 0.05) is 22.0 Å². The van der Waals surface area contributed by atoms with E-state index in [2.05, 4.69) is 25.9 Å². The number of H-pyrrole nitrogens is 1. The maximum Gasteiger partial charge on any atom is 0.254 e. The van der Waals surface area contributed by atoms with E-state index in [1.165, 1.54) is 11.8 Å². The lowest BCUT2D eigenvalue weighted by molar-refractivity contribution is 0.102. The highest BCUT2D eigenvalue weighted by Crippen LogP contribution is 2.33. The Hall–Kier alpha value is -2.58. The number of aromatic nitrogens is 2. The van der Waals surface area contributed by atoms with Crippen LogP contribution in [0.2, 0.25) is 0 Å². The van der Waals surface area contributed by atoms with E-state index in [9.17, 15) is 9.59 Å². The molecule has 6 nitrogen and oxygen atoms in total. The normalized spacial score (nSPS) is 12.2. The lowest BCUT2D eigenvalue weighted by atomic mass is 10.1. The number of carbonyl (C=O) groups excluding carboxylic acids is 1. The summed E-state index contributed by atoms with van der Waals surface area (Å²) in [5, 5.41) is 0.432. The predicted molar refractivity (Wildman–Crippen MR) is 114 cm³/mol. The maximum absolute atomic E-state index is 12.4. The zero-order chi connectivity index (χ0) is 20.4. The fourth-order valence-corrected chi connectivity index (χ4v) is 3.93. The van der Waals surface area contributed by atoms with E-state index in [1.54, 1.807) is 19.1 Å². The third-order valence-electron chi connectivity index (χ3n) is 4.55. The first-order valence-corrected chi connectivity index (χ1v) is 10.7. The number of benzene rings is 2. The summed E-state index contributed by atoms with van der Waals surface area (Å²) in [5.74, 6) is 1.58. The number of nitrogens with one attached hydrogen (secondary N) is 1. The van der Waals surface area contributed by atoms with Crippen LogP contribution in [0, 0.1) is 6.92 Å². The third-order valence-corrected chi connectivity index (χ3v) is 5.95. The molecule has 0 spiro atoms. The zero-order valence-electron chi connectivity index (χ0n) is 15.5. The molecule has 4 rings (SSSR count). The van der Waals surface area contributed by atoms with E-state index >= 15 is 0 Å². The molecular formula is C21H17BrN2O4S. The van der Waals surface area contributed by atoms with Crippen molar-refractivity contribution in [3.05, 3.63) is 79.7 Å². The summed E-state index contributed by atoms with van der Waals surface area (Å²) in [4.78, 5) is 32.1. The van der Waals surface area contributed by atoms with Crippen LogP contribution in [0.5, 0.6) is 11.5 Å². The van der Waals surface area contributed by atoms with Crippen molar-refractivity contribution in [2.24, 2.45) is 0 Å². The Kier molecular flexibility index (Phi) is 5.73. The molecule has 2 aromatic carbocycles. The minimum atomic E-state index is -0.200. The van der Waals surface area contributed by atoms with Crippen molar-refractivity contribution in [1.82, 2.24) is 9.97 Å². The lowest BCUT2D eigenvalue weighted by Gasteiger charge is -2.08. The number of fused-ring (bicyclic) bond motifs is 1. The van der Waals surface area contributed by atoms with Crippen molar-refractivity contribution in [2.75, 3.05) is 12.5 Å². The molecule has 0 saturated heterocycles. The largest absolute Gasteiger partial charge is 0.454 e. The highest BCUT2D eigenvalue weighted by molar-refractivity contribution is 9.10. The number of Topliss-reactive ketones (excluding diaryl/α,β-unsaturated/α-hetero) is 1. The van der Waals surface area contributed by atoms with Crippen LogP contribution in [-0.2, 0) is 6.42 Å². The van der Waals surface area contributed by atoms with E-state index in [4.69, 9.17) is 9.47 Å². The molecule has 8 heteroatoms. The fourth-order valence-electron chi connectivity index (χ4n) is 2.89. The van der Waals surface area contributed by atoms with Crippen LogP contribution in [0.4, 0.5) is 0 Å². The van der Waals surface area contributed by atoms with E-state index in [-0.39, 0.29) is 23.9 Å². The van der Waals surface area contributed by atoms with Gasteiger partial charge >= 0.3 is 0 Å². The number of nitrogens with zero attached hydrogens (tertiary/aromatic N) is 1. The van der Waals surface area contributed by atoms with Crippen LogP contribution in [0.3, 0.4) is 0 Å². The smallest absolute Gasteiger partial charge is 0.254 e. The lowest BCUT2D eigenvalue weighted by Crippen LogP contribution is -2.16. The first kappa shape index (κ1) is 19.7. The average Bonchev–Trinajstić information content (AvgIpc) is 3.18. The van der Waals surface area contributed by atoms with Gasteiger partial charge in [0.15, 0.2) is 22.4 Å². The van der Waals surface area contributed by atoms with Gasteiger partial charge in [-0.15, -0.1) is 0 Å². The second-order valence-corrected chi connectivity index (χ2v) is 8.41. The molecule has 1 aromatic heterocycles. The molecule has 0 aliphatic carbocycles. The molecule has 1 aliphatic rings. The van der Waals surface area contributed by atoms with Gasteiger partial charge in [-0.25, -0.2) is 4.98 Å². The Labute approximate surface area is 179 Å². The van der Waals surface area contributed by atoms with Gasteiger partial charge in [-0.2, -0.15) is 0 Å². The Morgan fingerprint density at radius 1 is 1.17 bits per heavy atom. The minimum absolute atomic E-state index is 0.0250. The summed E-state index contributed by atoms with van der Waals surface area (Å²) in [5.41, 5.74) is 2.62. The number of ether oxygens (including phenoxy) is 2. The molecule has 29 heavy (non-hydrogen) atoms. The van der Waals surface area contributed by atoms with Crippen LogP contribution >= 0.6 is 27.7 Å². The van der Waals surface area contributed by atoms with Crippen molar-refractivity contribution >= 4 is 33.5 Å². The standard InChI is InChI=1S/C21H17BrN2O4S/c1-12-16(8-13-2-7-18-19(9-13)28-11-27-18)23-21(24-20(12)26)29-10-17(25)14-3-5-15(22)6-4-14/h2-7,9H,8,10-11H2,1H3,(H,23,24,26). The molecule has 0 bridgehead atoms. The molecule has 0 atom stereocenters. The van der Waals surface area contributed by atoms with Crippen molar-refractivity contribution in [1.29, 1.82) is 0 Å². The van der Waals surface area contributed by atoms with Gasteiger partial charge in [0.2, 0.25) is 6.79 Å². The molecule has 0 fully saturated rings. The van der Waals surface area contributed by atoms with E-state index in [1.807, 2.05) is 30.3 Å². The van der Waals surface area contributed by atoms with Gasteiger partial charge in [0.05, 0.1) is 11.4 Å². The number of carbonyl (C=O) groups is 1. The molecule has 2 heterocycles. The summed E-state index contributed by atoms with van der Waals surface area (Å²) >= 11 is 4.58. The predicted octanol–water partition coefficient (Wildman–Crippen LogP) is 4.14. The van der Waals surface area contributed by atoms with Crippen LogP contribution in [0.15, 0.2) is 56.9 Å². The van der Waals surface area contributed by atoms with Gasteiger partial charge < -0.3 is 14.5 Å². The van der Waals surface area contributed by atoms with Crippen molar-refractivity contribution < 1.29 is 14.3 Å². The molecule has 0 saturated carbocycles.